The van der Waals surface area contributed by atoms with Crippen LogP contribution in [0.5, 0.6) is 5.75 Å². The second-order valence-corrected chi connectivity index (χ2v) is 7.29. The fourth-order valence-electron chi connectivity index (χ4n) is 3.84. The van der Waals surface area contributed by atoms with Crippen molar-refractivity contribution in [3.8, 4) is 5.75 Å². The number of nitrogens with one attached hydrogen (secondary N) is 1. The van der Waals surface area contributed by atoms with Crippen molar-refractivity contribution in [1.82, 2.24) is 15.1 Å². The summed E-state index contributed by atoms with van der Waals surface area (Å²) in [7, 11) is 0. The van der Waals surface area contributed by atoms with E-state index in [0.717, 1.165) is 0 Å². The molecule has 2 aliphatic rings. The van der Waals surface area contributed by atoms with Crippen molar-refractivity contribution in [3.63, 3.8) is 0 Å². The van der Waals surface area contributed by atoms with E-state index in [9.17, 15) is 14.4 Å². The number of piperidine rings is 1. The third kappa shape index (κ3) is 3.81. The average Bonchev–Trinajstić information content (AvgIpc) is 2.99. The molecule has 1 N–H and O–H groups in total. The predicted octanol–water partition coefficient (Wildman–Crippen LogP) is 2.29. The first-order valence-corrected chi connectivity index (χ1v) is 9.75. The SMILES string of the molecule is O=C(c1ccccc1)N1CCC2(CC1)NC(=O)N(CCOc1ccccc1)C2=O. The molecule has 2 fully saturated rings. The normalized spacial score (nSPS) is 18.1. The highest BCUT2D eigenvalue weighted by atomic mass is 16.5. The van der Waals surface area contributed by atoms with Gasteiger partial charge in [0.15, 0.2) is 0 Å². The minimum atomic E-state index is -0.919. The second kappa shape index (κ2) is 7.95. The molecule has 7 nitrogen and oxygen atoms in total. The van der Waals surface area contributed by atoms with Crippen LogP contribution >= 0.6 is 0 Å². The summed E-state index contributed by atoms with van der Waals surface area (Å²) in [5, 5.41) is 2.86. The lowest BCUT2D eigenvalue weighted by Gasteiger charge is -2.37. The highest BCUT2D eigenvalue weighted by molar-refractivity contribution is 6.07. The first kappa shape index (κ1) is 19.0. The molecule has 2 heterocycles. The third-order valence-corrected chi connectivity index (χ3v) is 5.50. The minimum Gasteiger partial charge on any atom is -0.492 e. The van der Waals surface area contributed by atoms with Crippen LogP contribution in [0.1, 0.15) is 23.2 Å². The van der Waals surface area contributed by atoms with Crippen LogP contribution in [0, 0.1) is 0 Å². The predicted molar refractivity (Wildman–Crippen MR) is 106 cm³/mol. The van der Waals surface area contributed by atoms with E-state index in [0.29, 0.717) is 37.2 Å². The zero-order chi connectivity index (χ0) is 20.3. The van der Waals surface area contributed by atoms with Gasteiger partial charge >= 0.3 is 6.03 Å². The van der Waals surface area contributed by atoms with Crippen LogP contribution in [0.3, 0.4) is 0 Å². The summed E-state index contributed by atoms with van der Waals surface area (Å²) in [6.45, 7) is 1.27. The Morgan fingerprint density at radius 1 is 0.966 bits per heavy atom. The lowest BCUT2D eigenvalue weighted by Crippen LogP contribution is -2.56. The number of urea groups is 1. The van der Waals surface area contributed by atoms with Crippen LogP contribution in [0.15, 0.2) is 60.7 Å². The van der Waals surface area contributed by atoms with Gasteiger partial charge < -0.3 is 15.0 Å². The quantitative estimate of drug-likeness (QED) is 0.791. The van der Waals surface area contributed by atoms with Crippen LogP contribution in [0.2, 0.25) is 0 Å². The molecule has 0 radical (unpaired) electrons. The van der Waals surface area contributed by atoms with E-state index in [1.54, 1.807) is 17.0 Å². The molecule has 2 saturated heterocycles. The highest BCUT2D eigenvalue weighted by Gasteiger charge is 2.52. The molecule has 7 heteroatoms. The monoisotopic (exact) mass is 393 g/mol. The Labute approximate surface area is 169 Å². The van der Waals surface area contributed by atoms with Crippen LogP contribution in [0.4, 0.5) is 4.79 Å². The van der Waals surface area contributed by atoms with Gasteiger partial charge in [0, 0.05) is 18.7 Å². The van der Waals surface area contributed by atoms with Crippen molar-refractivity contribution < 1.29 is 19.1 Å². The molecule has 0 unspecified atom stereocenters. The molecule has 0 aliphatic carbocycles. The van der Waals surface area contributed by atoms with E-state index in [1.807, 2.05) is 48.5 Å². The number of hydrogen-bond acceptors (Lipinski definition) is 4. The molecule has 4 amide bonds. The van der Waals surface area contributed by atoms with Gasteiger partial charge in [0.1, 0.15) is 17.9 Å². The lowest BCUT2D eigenvalue weighted by atomic mass is 9.87. The number of carbonyl (C=O) groups is 3. The fourth-order valence-corrected chi connectivity index (χ4v) is 3.84. The molecule has 0 bridgehead atoms. The molecular formula is C22H23N3O4. The maximum absolute atomic E-state index is 13.0. The van der Waals surface area contributed by atoms with E-state index < -0.39 is 11.6 Å². The van der Waals surface area contributed by atoms with Gasteiger partial charge in [0.05, 0.1) is 6.54 Å². The molecule has 29 heavy (non-hydrogen) atoms. The van der Waals surface area contributed by atoms with Crippen LogP contribution in [-0.4, -0.2) is 59.4 Å². The number of nitrogens with zero attached hydrogens (tertiary/aromatic N) is 2. The summed E-state index contributed by atoms with van der Waals surface area (Å²) in [6.07, 6.45) is 0.818. The van der Waals surface area contributed by atoms with Crippen LogP contribution in [-0.2, 0) is 4.79 Å². The first-order chi connectivity index (χ1) is 14.1. The summed E-state index contributed by atoms with van der Waals surface area (Å²) in [4.78, 5) is 40.9. The van der Waals surface area contributed by atoms with E-state index in [1.165, 1.54) is 4.90 Å². The molecule has 2 aliphatic heterocycles. The number of benzene rings is 2. The molecule has 150 valence electrons. The minimum absolute atomic E-state index is 0.0506. The van der Waals surface area contributed by atoms with Gasteiger partial charge in [-0.25, -0.2) is 4.79 Å². The first-order valence-electron chi connectivity index (χ1n) is 9.75. The lowest BCUT2D eigenvalue weighted by molar-refractivity contribution is -0.133. The summed E-state index contributed by atoms with van der Waals surface area (Å²) in [6, 6.07) is 18.0. The number of rotatable bonds is 5. The van der Waals surface area contributed by atoms with E-state index >= 15 is 0 Å². The molecule has 2 aromatic rings. The number of hydrogen-bond donors (Lipinski definition) is 1. The topological polar surface area (TPSA) is 79.0 Å². The van der Waals surface area contributed by atoms with Gasteiger partial charge in [-0.15, -0.1) is 0 Å². The van der Waals surface area contributed by atoms with Crippen molar-refractivity contribution in [2.24, 2.45) is 0 Å². The standard InChI is InChI=1S/C22H23N3O4/c26-19(17-7-3-1-4-8-17)24-13-11-22(12-14-24)20(27)25(21(28)23-22)15-16-29-18-9-5-2-6-10-18/h1-10H,11-16H2,(H,23,28). The van der Waals surface area contributed by atoms with E-state index in [4.69, 9.17) is 4.74 Å². The van der Waals surface area contributed by atoms with Crippen LogP contribution < -0.4 is 10.1 Å². The Kier molecular flexibility index (Phi) is 5.20. The molecular weight excluding hydrogens is 370 g/mol. The zero-order valence-electron chi connectivity index (χ0n) is 16.0. The average molecular weight is 393 g/mol. The van der Waals surface area contributed by atoms with Crippen molar-refractivity contribution in [2.75, 3.05) is 26.2 Å². The Hall–Kier alpha value is -3.35. The van der Waals surface area contributed by atoms with Gasteiger partial charge in [0.25, 0.3) is 11.8 Å². The Morgan fingerprint density at radius 2 is 1.59 bits per heavy atom. The van der Waals surface area contributed by atoms with Gasteiger partial charge in [-0.1, -0.05) is 36.4 Å². The van der Waals surface area contributed by atoms with Crippen molar-refractivity contribution in [2.45, 2.75) is 18.4 Å². The highest BCUT2D eigenvalue weighted by Crippen LogP contribution is 2.30. The summed E-state index contributed by atoms with van der Waals surface area (Å²) in [5.74, 6) is 0.415. The maximum Gasteiger partial charge on any atom is 0.325 e. The van der Waals surface area contributed by atoms with Crippen LogP contribution in [0.25, 0.3) is 0 Å². The Bertz CT molecular complexity index is 893. The molecule has 0 atom stereocenters. The molecule has 0 saturated carbocycles. The Morgan fingerprint density at radius 3 is 2.24 bits per heavy atom. The molecule has 1 spiro atoms. The van der Waals surface area contributed by atoms with Crippen molar-refractivity contribution >= 4 is 17.8 Å². The number of para-hydroxylation sites is 1. The van der Waals surface area contributed by atoms with Crippen molar-refractivity contribution in [1.29, 1.82) is 0 Å². The number of amides is 4. The molecule has 4 rings (SSSR count). The van der Waals surface area contributed by atoms with Gasteiger partial charge in [0.2, 0.25) is 0 Å². The van der Waals surface area contributed by atoms with Gasteiger partial charge in [-0.05, 0) is 37.1 Å². The number of carbonyl (C=O) groups excluding carboxylic acids is 3. The number of ether oxygens (including phenoxy) is 1. The zero-order valence-corrected chi connectivity index (χ0v) is 16.0. The molecule has 2 aromatic carbocycles. The fraction of sp³-hybridized carbons (Fsp3) is 0.318. The Balaban J connectivity index is 1.34. The maximum atomic E-state index is 13.0. The van der Waals surface area contributed by atoms with Crippen molar-refractivity contribution in [3.05, 3.63) is 66.2 Å². The van der Waals surface area contributed by atoms with Gasteiger partial charge in [-0.2, -0.15) is 0 Å². The summed E-state index contributed by atoms with van der Waals surface area (Å²) >= 11 is 0. The largest absolute Gasteiger partial charge is 0.492 e. The van der Waals surface area contributed by atoms with Gasteiger partial charge in [-0.3, -0.25) is 14.5 Å². The summed E-state index contributed by atoms with van der Waals surface area (Å²) < 4.78 is 5.61. The van der Waals surface area contributed by atoms with E-state index in [-0.39, 0.29) is 25.0 Å². The smallest absolute Gasteiger partial charge is 0.325 e. The third-order valence-electron chi connectivity index (χ3n) is 5.50. The number of likely N-dealkylation sites (tertiary alicyclic amines) is 1. The molecule has 0 aromatic heterocycles. The van der Waals surface area contributed by atoms with E-state index in [2.05, 4.69) is 5.32 Å². The number of imide groups is 1. The summed E-state index contributed by atoms with van der Waals surface area (Å²) in [5.41, 5.74) is -0.290. The second-order valence-electron chi connectivity index (χ2n) is 7.29.